The molecule has 0 saturated carbocycles. The van der Waals surface area contributed by atoms with Crippen LogP contribution in [-0.4, -0.2) is 41.1 Å². The minimum atomic E-state index is -1.31. The van der Waals surface area contributed by atoms with Crippen molar-refractivity contribution >= 4 is 41.1 Å². The molecule has 2 atom stereocenters. The van der Waals surface area contributed by atoms with E-state index < -0.39 is 24.3 Å². The van der Waals surface area contributed by atoms with Gasteiger partial charge < -0.3 is 29.7 Å². The van der Waals surface area contributed by atoms with E-state index >= 15 is 0 Å². The van der Waals surface area contributed by atoms with E-state index in [4.69, 9.17) is 0 Å². The van der Waals surface area contributed by atoms with Crippen LogP contribution in [0, 0.1) is 11.8 Å². The minimum absolute atomic E-state index is 0. The van der Waals surface area contributed by atoms with Crippen molar-refractivity contribution in [2.75, 3.05) is 0 Å². The molecule has 0 rings (SSSR count). The summed E-state index contributed by atoms with van der Waals surface area (Å²) in [6.45, 7) is 9.76. The van der Waals surface area contributed by atoms with E-state index in [0.717, 1.165) is 25.7 Å². The van der Waals surface area contributed by atoms with Gasteiger partial charge in [0.15, 0.2) is 0 Å². The first kappa shape index (κ1) is 37.9. The summed E-state index contributed by atoms with van der Waals surface area (Å²) in [5.41, 5.74) is 0. The number of aliphatic carboxylic acids is 3. The Morgan fingerprint density at radius 3 is 1.12 bits per heavy atom. The van der Waals surface area contributed by atoms with Crippen LogP contribution in [0.15, 0.2) is 0 Å². The molecular formula is C24H43AlO7. The molecule has 0 spiro atoms. The number of hydrogen-bond donors (Lipinski definition) is 0. The summed E-state index contributed by atoms with van der Waals surface area (Å²) in [5.74, 6) is -2.34. The number of carboxylic acid groups (broad SMARTS) is 3. The largest absolute Gasteiger partial charge is 3.00 e. The van der Waals surface area contributed by atoms with Gasteiger partial charge in [0, 0.05) is 24.3 Å². The number of carbonyl (C=O) groups excluding carboxylic acids is 4. The molecule has 0 aliphatic heterocycles. The molecule has 0 heterocycles. The van der Waals surface area contributed by atoms with Gasteiger partial charge >= 0.3 is 17.4 Å². The van der Waals surface area contributed by atoms with Crippen molar-refractivity contribution in [2.45, 2.75) is 118 Å². The van der Waals surface area contributed by atoms with E-state index in [1.54, 1.807) is 0 Å². The van der Waals surface area contributed by atoms with Crippen molar-refractivity contribution in [1.29, 1.82) is 0 Å². The van der Waals surface area contributed by atoms with Gasteiger partial charge in [0.25, 0.3) is 0 Å². The van der Waals surface area contributed by atoms with Gasteiger partial charge in [-0.3, -0.25) is 4.79 Å². The van der Waals surface area contributed by atoms with Gasteiger partial charge in [-0.1, -0.05) is 79.1 Å². The second kappa shape index (κ2) is 27.6. The molecule has 0 radical (unpaired) electrons. The van der Waals surface area contributed by atoms with Gasteiger partial charge in [0.2, 0.25) is 0 Å². The zero-order valence-electron chi connectivity index (χ0n) is 20.8. The quantitative estimate of drug-likeness (QED) is 0.248. The molecule has 0 fully saturated rings. The molecule has 0 saturated heterocycles. The Kier molecular flexibility index (Phi) is 32.7. The number of carbonyl (C=O) groups is 4. The normalized spacial score (nSPS) is 11.4. The Labute approximate surface area is 205 Å². The third kappa shape index (κ3) is 36.0. The fraction of sp³-hybridized carbons (Fsp3) is 0.833. The van der Waals surface area contributed by atoms with Crippen molar-refractivity contribution in [2.24, 2.45) is 11.8 Å². The minimum Gasteiger partial charge on any atom is -0.550 e. The van der Waals surface area contributed by atoms with Crippen molar-refractivity contribution in [3.8, 4) is 0 Å². The number of Topliss-reactive ketones (excluding diaryl/α,β-unsaturated/α-hetero) is 1. The summed E-state index contributed by atoms with van der Waals surface area (Å²) in [6, 6.07) is 0. The van der Waals surface area contributed by atoms with Crippen LogP contribution in [0.4, 0.5) is 0 Å². The number of rotatable bonds is 16. The predicted molar refractivity (Wildman–Crippen MR) is 121 cm³/mol. The molecule has 0 aromatic rings. The molecular weight excluding hydrogens is 427 g/mol. The van der Waals surface area contributed by atoms with Crippen LogP contribution >= 0.6 is 0 Å². The molecule has 7 nitrogen and oxygen atoms in total. The average Bonchev–Trinajstić information content (AvgIpc) is 2.68. The predicted octanol–water partition coefficient (Wildman–Crippen LogP) is 1.80. The number of ketones is 1. The first-order chi connectivity index (χ1) is 14.5. The number of hydrogen-bond acceptors (Lipinski definition) is 7. The van der Waals surface area contributed by atoms with Gasteiger partial charge in [-0.15, -0.1) is 0 Å². The van der Waals surface area contributed by atoms with Gasteiger partial charge in [-0.2, -0.15) is 0 Å². The Hall–Kier alpha value is -1.39. The first-order valence-corrected chi connectivity index (χ1v) is 11.6. The molecule has 0 aromatic heterocycles. The molecule has 0 bridgehead atoms. The van der Waals surface area contributed by atoms with Crippen LogP contribution in [0.1, 0.15) is 118 Å². The summed E-state index contributed by atoms with van der Waals surface area (Å²) in [4.78, 5) is 39.7. The molecule has 0 aliphatic rings. The average molecular weight is 471 g/mol. The Bertz CT molecular complexity index is 439. The van der Waals surface area contributed by atoms with Crippen molar-refractivity contribution in [3.63, 3.8) is 0 Å². The SMILES string of the molecule is CC(=O)CC(=O)[O-].CCCCC(CC)CCC(=O)[O-].CCCCC(CC)CCC(=O)[O-].[Al+3]. The van der Waals surface area contributed by atoms with E-state index in [2.05, 4.69) is 27.7 Å². The van der Waals surface area contributed by atoms with Crippen molar-refractivity contribution in [3.05, 3.63) is 0 Å². The Balaban J connectivity index is -0.000000188. The maximum Gasteiger partial charge on any atom is 3.00 e. The third-order valence-corrected chi connectivity index (χ3v) is 4.99. The summed E-state index contributed by atoms with van der Waals surface area (Å²) >= 11 is 0. The van der Waals surface area contributed by atoms with Crippen LogP contribution in [-0.2, 0) is 19.2 Å². The molecule has 0 aromatic carbocycles. The van der Waals surface area contributed by atoms with Crippen LogP contribution < -0.4 is 15.3 Å². The fourth-order valence-corrected chi connectivity index (χ4v) is 2.94. The number of carboxylic acids is 3. The molecule has 32 heavy (non-hydrogen) atoms. The van der Waals surface area contributed by atoms with Crippen molar-refractivity contribution in [1.82, 2.24) is 0 Å². The number of unbranched alkanes of at least 4 members (excludes halogenated alkanes) is 2. The summed E-state index contributed by atoms with van der Waals surface area (Å²) in [7, 11) is 0. The molecule has 184 valence electrons. The van der Waals surface area contributed by atoms with Crippen LogP contribution in [0.25, 0.3) is 0 Å². The van der Waals surface area contributed by atoms with E-state index in [9.17, 15) is 34.5 Å². The molecule has 0 N–H and O–H groups in total. The van der Waals surface area contributed by atoms with E-state index in [1.165, 1.54) is 45.4 Å². The van der Waals surface area contributed by atoms with Gasteiger partial charge in [0.05, 0.1) is 0 Å². The van der Waals surface area contributed by atoms with E-state index in [-0.39, 0.29) is 36.0 Å². The maximum atomic E-state index is 10.2. The standard InChI is InChI=1S/2C10H20O2.C4H6O3.Al/c2*1-3-5-6-9(4-2)7-8-10(11)12;1-3(5)2-4(6)7;/h2*9H,3-8H2,1-2H3,(H,11,12);2H2,1H3,(H,6,7);/q;;;+3/p-3. The zero-order chi connectivity index (χ0) is 24.7. The van der Waals surface area contributed by atoms with Crippen molar-refractivity contribution < 1.29 is 34.5 Å². The van der Waals surface area contributed by atoms with Gasteiger partial charge in [-0.25, -0.2) is 0 Å². The topological polar surface area (TPSA) is 137 Å². The third-order valence-electron chi connectivity index (χ3n) is 4.99. The zero-order valence-corrected chi connectivity index (χ0v) is 21.9. The smallest absolute Gasteiger partial charge is 0.550 e. The molecule has 2 unspecified atom stereocenters. The van der Waals surface area contributed by atoms with E-state index in [0.29, 0.717) is 11.8 Å². The second-order valence-electron chi connectivity index (χ2n) is 7.91. The van der Waals surface area contributed by atoms with Crippen LogP contribution in [0.5, 0.6) is 0 Å². The molecule has 0 aliphatic carbocycles. The first-order valence-electron chi connectivity index (χ1n) is 11.6. The van der Waals surface area contributed by atoms with Gasteiger partial charge in [-0.05, 0) is 44.4 Å². The van der Waals surface area contributed by atoms with Gasteiger partial charge in [0.1, 0.15) is 5.78 Å². The summed E-state index contributed by atoms with van der Waals surface area (Å²) in [5, 5.41) is 29.8. The monoisotopic (exact) mass is 470 g/mol. The van der Waals surface area contributed by atoms with Crippen LogP contribution in [0.3, 0.4) is 0 Å². The fourth-order valence-electron chi connectivity index (χ4n) is 2.94. The maximum absolute atomic E-state index is 10.2. The Morgan fingerprint density at radius 1 is 0.625 bits per heavy atom. The van der Waals surface area contributed by atoms with Crippen LogP contribution in [0.2, 0.25) is 0 Å². The summed E-state index contributed by atoms with van der Waals surface area (Å²) < 4.78 is 0. The molecule has 8 heteroatoms. The summed E-state index contributed by atoms with van der Waals surface area (Å²) in [6.07, 6.45) is 10.9. The molecule has 0 amide bonds. The Morgan fingerprint density at radius 2 is 0.969 bits per heavy atom. The van der Waals surface area contributed by atoms with E-state index in [1.807, 2.05) is 0 Å². The second-order valence-corrected chi connectivity index (χ2v) is 7.91.